The first kappa shape index (κ1) is 29.7. The Kier molecular flexibility index (Phi) is 16.6. The van der Waals surface area contributed by atoms with E-state index in [1.54, 1.807) is 6.92 Å². The molecule has 8 heteroatoms. The molecule has 0 saturated carbocycles. The van der Waals surface area contributed by atoms with Crippen molar-refractivity contribution >= 4 is 18.2 Å². The summed E-state index contributed by atoms with van der Waals surface area (Å²) in [4.78, 5) is 40.1. The fourth-order valence-electron chi connectivity index (χ4n) is 3.63. The number of carbonyl (C=O) groups excluding carboxylic acids is 3. The molecule has 1 rings (SSSR count). The summed E-state index contributed by atoms with van der Waals surface area (Å²) >= 11 is 0. The van der Waals surface area contributed by atoms with Crippen molar-refractivity contribution in [3.63, 3.8) is 0 Å². The largest absolute Gasteiger partial charge is 0.489 e. The summed E-state index contributed by atoms with van der Waals surface area (Å²) in [5, 5.41) is 1.07. The average molecular weight is 482 g/mol. The van der Waals surface area contributed by atoms with Crippen molar-refractivity contribution in [1.82, 2.24) is 5.06 Å². The van der Waals surface area contributed by atoms with Crippen LogP contribution in [0.5, 0.6) is 5.75 Å². The van der Waals surface area contributed by atoms with E-state index in [0.717, 1.165) is 30.6 Å². The number of likely N-dealkylation sites (N-methyl/N-ethyl adjacent to an activating group) is 1. The Morgan fingerprint density at radius 1 is 0.941 bits per heavy atom. The second-order valence-electron chi connectivity index (χ2n) is 8.50. The van der Waals surface area contributed by atoms with Gasteiger partial charge in [-0.2, -0.15) is 0 Å². The van der Waals surface area contributed by atoms with E-state index in [0.29, 0.717) is 12.2 Å². The van der Waals surface area contributed by atoms with E-state index in [4.69, 9.17) is 18.7 Å². The number of hydroxylamine groups is 2. The van der Waals surface area contributed by atoms with Gasteiger partial charge in [0.05, 0.1) is 19.5 Å². The molecule has 0 aliphatic rings. The Labute approximate surface area is 204 Å². The summed E-state index contributed by atoms with van der Waals surface area (Å²) in [6.45, 7) is 4.39. The molecular weight excluding hydrogens is 438 g/mol. The van der Waals surface area contributed by atoms with Crippen molar-refractivity contribution in [1.29, 1.82) is 0 Å². The highest BCUT2D eigenvalue weighted by molar-refractivity contribution is 5.90. The second kappa shape index (κ2) is 19.0. The van der Waals surface area contributed by atoms with E-state index in [-0.39, 0.29) is 31.1 Å². The standard InChI is InChI=1S/C26H43NO7/c1-4-6-7-8-9-10-11-12-13-14-15-16-19-32-24-22(17-18-28)21-33-25(24)26(30)34-27(3)20-23(29)31-5-2/h18,21H,4-17,19-20H2,1-3H3. The van der Waals surface area contributed by atoms with Gasteiger partial charge < -0.3 is 23.5 Å². The van der Waals surface area contributed by atoms with Gasteiger partial charge in [-0.25, -0.2) is 4.79 Å². The number of rotatable bonds is 21. The van der Waals surface area contributed by atoms with Crippen LogP contribution in [0.4, 0.5) is 0 Å². The first-order valence-corrected chi connectivity index (χ1v) is 12.8. The predicted octanol–water partition coefficient (Wildman–Crippen LogP) is 5.67. The highest BCUT2D eigenvalue weighted by Crippen LogP contribution is 2.28. The van der Waals surface area contributed by atoms with E-state index in [1.165, 1.54) is 71.1 Å². The quantitative estimate of drug-likeness (QED) is 0.0959. The van der Waals surface area contributed by atoms with Crippen LogP contribution in [0.2, 0.25) is 0 Å². The van der Waals surface area contributed by atoms with Crippen LogP contribution in [0.25, 0.3) is 0 Å². The van der Waals surface area contributed by atoms with Crippen LogP contribution in [0.15, 0.2) is 10.7 Å². The SMILES string of the molecule is CCCCCCCCCCCCCCOc1c(CC=O)coc1C(=O)ON(C)CC(=O)OCC. The molecular formula is C26H43NO7. The van der Waals surface area contributed by atoms with Crippen LogP contribution in [0.3, 0.4) is 0 Å². The summed E-state index contributed by atoms with van der Waals surface area (Å²) in [7, 11) is 1.44. The Morgan fingerprint density at radius 2 is 1.53 bits per heavy atom. The third-order valence-electron chi connectivity index (χ3n) is 5.45. The molecule has 0 saturated heterocycles. The highest BCUT2D eigenvalue weighted by atomic mass is 16.7. The minimum absolute atomic E-state index is 0.0726. The van der Waals surface area contributed by atoms with Crippen LogP contribution in [-0.4, -0.2) is 50.1 Å². The minimum atomic E-state index is -0.798. The number of aldehydes is 1. The first-order chi connectivity index (χ1) is 16.5. The first-order valence-electron chi connectivity index (χ1n) is 12.8. The summed E-state index contributed by atoms with van der Waals surface area (Å²) in [6.07, 6.45) is 17.0. The van der Waals surface area contributed by atoms with Gasteiger partial charge in [0.2, 0.25) is 0 Å². The molecule has 1 aromatic rings. The van der Waals surface area contributed by atoms with E-state index < -0.39 is 11.9 Å². The highest BCUT2D eigenvalue weighted by Gasteiger charge is 2.25. The van der Waals surface area contributed by atoms with Crippen LogP contribution in [0, 0.1) is 0 Å². The lowest BCUT2D eigenvalue weighted by Crippen LogP contribution is -2.30. The molecule has 0 spiro atoms. The zero-order chi connectivity index (χ0) is 25.0. The molecule has 8 nitrogen and oxygen atoms in total. The lowest BCUT2D eigenvalue weighted by molar-refractivity contribution is -0.156. The molecule has 0 aliphatic carbocycles. The smallest absolute Gasteiger partial charge is 0.397 e. The monoisotopic (exact) mass is 481 g/mol. The zero-order valence-electron chi connectivity index (χ0n) is 21.3. The maximum atomic E-state index is 12.5. The van der Waals surface area contributed by atoms with Gasteiger partial charge in [-0.3, -0.25) is 4.79 Å². The number of hydrogen-bond donors (Lipinski definition) is 0. The topological polar surface area (TPSA) is 95.3 Å². The maximum absolute atomic E-state index is 12.5. The van der Waals surface area contributed by atoms with Crippen molar-refractivity contribution in [2.24, 2.45) is 0 Å². The molecule has 0 N–H and O–H groups in total. The van der Waals surface area contributed by atoms with Crippen LogP contribution >= 0.6 is 0 Å². The third-order valence-corrected chi connectivity index (χ3v) is 5.45. The number of carbonyl (C=O) groups is 3. The molecule has 0 radical (unpaired) electrons. The lowest BCUT2D eigenvalue weighted by atomic mass is 10.1. The van der Waals surface area contributed by atoms with Crippen LogP contribution in [-0.2, 0) is 25.6 Å². The molecule has 0 atom stereocenters. The molecule has 0 aliphatic heterocycles. The fraction of sp³-hybridized carbons (Fsp3) is 0.731. The molecule has 0 fully saturated rings. The maximum Gasteiger partial charge on any atom is 0.397 e. The van der Waals surface area contributed by atoms with Gasteiger partial charge >= 0.3 is 11.9 Å². The van der Waals surface area contributed by atoms with Crippen molar-refractivity contribution in [2.75, 3.05) is 26.8 Å². The summed E-state index contributed by atoms with van der Waals surface area (Å²) in [5.74, 6) is -1.20. The fourth-order valence-corrected chi connectivity index (χ4v) is 3.63. The number of ether oxygens (including phenoxy) is 2. The van der Waals surface area contributed by atoms with Crippen molar-refractivity contribution in [3.05, 3.63) is 17.6 Å². The Hall–Kier alpha value is -2.35. The number of esters is 1. The van der Waals surface area contributed by atoms with Gasteiger partial charge in [-0.05, 0) is 13.3 Å². The van der Waals surface area contributed by atoms with Gasteiger partial charge in [-0.15, -0.1) is 5.06 Å². The minimum Gasteiger partial charge on any atom is -0.489 e. The Balaban J connectivity index is 2.35. The molecule has 0 unspecified atom stereocenters. The van der Waals surface area contributed by atoms with Crippen LogP contribution < -0.4 is 4.74 Å². The third kappa shape index (κ3) is 12.8. The van der Waals surface area contributed by atoms with Gasteiger partial charge in [-0.1, -0.05) is 77.6 Å². The Morgan fingerprint density at radius 3 is 2.09 bits per heavy atom. The van der Waals surface area contributed by atoms with Gasteiger partial charge in [0.1, 0.15) is 12.8 Å². The molecule has 0 aromatic carbocycles. The molecule has 0 amide bonds. The molecule has 1 heterocycles. The van der Waals surface area contributed by atoms with Crippen molar-refractivity contribution < 1.29 is 33.1 Å². The van der Waals surface area contributed by atoms with Crippen molar-refractivity contribution in [3.8, 4) is 5.75 Å². The molecule has 0 bridgehead atoms. The van der Waals surface area contributed by atoms with Gasteiger partial charge in [0.25, 0.3) is 5.76 Å². The predicted molar refractivity (Wildman–Crippen MR) is 130 cm³/mol. The average Bonchev–Trinajstić information content (AvgIpc) is 3.19. The molecule has 34 heavy (non-hydrogen) atoms. The van der Waals surface area contributed by atoms with Crippen LogP contribution in [0.1, 0.15) is 107 Å². The van der Waals surface area contributed by atoms with E-state index in [1.807, 2.05) is 0 Å². The summed E-state index contributed by atoms with van der Waals surface area (Å²) in [6, 6.07) is 0. The molecule has 194 valence electrons. The zero-order valence-corrected chi connectivity index (χ0v) is 21.3. The number of nitrogens with zero attached hydrogens (tertiary/aromatic N) is 1. The van der Waals surface area contributed by atoms with E-state index >= 15 is 0 Å². The normalized spacial score (nSPS) is 10.9. The Bertz CT molecular complexity index is 701. The van der Waals surface area contributed by atoms with Gasteiger partial charge in [0, 0.05) is 19.0 Å². The van der Waals surface area contributed by atoms with Crippen molar-refractivity contribution in [2.45, 2.75) is 97.3 Å². The van der Waals surface area contributed by atoms with Gasteiger partial charge in [0.15, 0.2) is 5.75 Å². The summed E-state index contributed by atoms with van der Waals surface area (Å²) < 4.78 is 16.0. The van der Waals surface area contributed by atoms with E-state index in [9.17, 15) is 14.4 Å². The van der Waals surface area contributed by atoms with E-state index in [2.05, 4.69) is 6.92 Å². The molecule has 1 aromatic heterocycles. The number of hydrogen-bond acceptors (Lipinski definition) is 8. The summed E-state index contributed by atoms with van der Waals surface area (Å²) in [5.41, 5.74) is 0.494. The second-order valence-corrected chi connectivity index (χ2v) is 8.50. The lowest BCUT2D eigenvalue weighted by Gasteiger charge is -2.15. The number of unbranched alkanes of at least 4 members (excludes halogenated alkanes) is 11. The number of furan rings is 1.